The van der Waals surface area contributed by atoms with Crippen molar-refractivity contribution < 1.29 is 22.3 Å². The van der Waals surface area contributed by atoms with Crippen LogP contribution in [0.2, 0.25) is 0 Å². The zero-order valence-electron chi connectivity index (χ0n) is 12.3. The van der Waals surface area contributed by atoms with Gasteiger partial charge in [-0.1, -0.05) is 0 Å². The molecule has 1 aliphatic heterocycles. The number of nitrogens with one attached hydrogen (secondary N) is 1. The van der Waals surface area contributed by atoms with Gasteiger partial charge in [-0.2, -0.15) is 4.31 Å². The lowest BCUT2D eigenvalue weighted by Gasteiger charge is -2.32. The van der Waals surface area contributed by atoms with Gasteiger partial charge in [0.15, 0.2) is 0 Å². The Balaban J connectivity index is 2.07. The van der Waals surface area contributed by atoms with Crippen molar-refractivity contribution in [2.75, 3.05) is 19.7 Å². The number of hydrogen-bond acceptors (Lipinski definition) is 4. The summed E-state index contributed by atoms with van der Waals surface area (Å²) in [7, 11) is -3.69. The van der Waals surface area contributed by atoms with Gasteiger partial charge >= 0.3 is 6.09 Å². The van der Waals surface area contributed by atoms with Gasteiger partial charge in [0.05, 0.1) is 11.5 Å². The fraction of sp³-hybridized carbons (Fsp3) is 0.500. The molecule has 1 amide bonds. The minimum Gasteiger partial charge on any atom is -0.450 e. The van der Waals surface area contributed by atoms with E-state index in [2.05, 4.69) is 5.32 Å². The van der Waals surface area contributed by atoms with Crippen LogP contribution >= 0.6 is 0 Å². The van der Waals surface area contributed by atoms with Crippen LogP contribution in [0.4, 0.5) is 9.18 Å². The number of benzene rings is 1. The minimum absolute atomic E-state index is 0.0469. The first-order valence-corrected chi connectivity index (χ1v) is 8.56. The molecule has 1 atom stereocenters. The van der Waals surface area contributed by atoms with E-state index in [0.717, 1.165) is 12.1 Å². The van der Waals surface area contributed by atoms with Crippen molar-refractivity contribution in [2.45, 2.75) is 30.7 Å². The van der Waals surface area contributed by atoms with Crippen molar-refractivity contribution in [2.24, 2.45) is 0 Å². The van der Waals surface area contributed by atoms with E-state index in [1.165, 1.54) is 16.4 Å². The molecule has 0 saturated carbocycles. The molecular weight excluding hydrogens is 311 g/mol. The molecular formula is C14H19FN2O4S. The minimum atomic E-state index is -3.69. The lowest BCUT2D eigenvalue weighted by atomic mass is 10.1. The highest BCUT2D eigenvalue weighted by Crippen LogP contribution is 2.21. The van der Waals surface area contributed by atoms with Crippen LogP contribution < -0.4 is 5.32 Å². The molecule has 0 spiro atoms. The van der Waals surface area contributed by atoms with Crippen LogP contribution in [0.3, 0.4) is 0 Å². The summed E-state index contributed by atoms with van der Waals surface area (Å²) in [5.41, 5.74) is 0. The van der Waals surface area contributed by atoms with Crippen LogP contribution in [-0.2, 0) is 14.8 Å². The number of ether oxygens (including phenoxy) is 1. The van der Waals surface area contributed by atoms with E-state index in [0.29, 0.717) is 19.4 Å². The molecule has 1 saturated heterocycles. The molecule has 1 heterocycles. The maximum atomic E-state index is 12.9. The second-order valence-corrected chi connectivity index (χ2v) is 6.96. The number of rotatable bonds is 4. The average Bonchev–Trinajstić information content (AvgIpc) is 2.48. The molecule has 0 radical (unpaired) electrons. The molecule has 0 aliphatic carbocycles. The van der Waals surface area contributed by atoms with Gasteiger partial charge in [0, 0.05) is 19.1 Å². The summed E-state index contributed by atoms with van der Waals surface area (Å²) in [6, 6.07) is 4.43. The summed E-state index contributed by atoms with van der Waals surface area (Å²) < 4.78 is 44.1. The zero-order valence-corrected chi connectivity index (χ0v) is 13.1. The fourth-order valence-electron chi connectivity index (χ4n) is 2.37. The monoisotopic (exact) mass is 330 g/mol. The van der Waals surface area contributed by atoms with Gasteiger partial charge in [0.2, 0.25) is 10.0 Å². The fourth-order valence-corrected chi connectivity index (χ4v) is 3.90. The Morgan fingerprint density at radius 1 is 1.41 bits per heavy atom. The van der Waals surface area contributed by atoms with Crippen molar-refractivity contribution in [1.82, 2.24) is 9.62 Å². The predicted octanol–water partition coefficient (Wildman–Crippen LogP) is 1.72. The highest BCUT2D eigenvalue weighted by Gasteiger charge is 2.31. The van der Waals surface area contributed by atoms with E-state index in [4.69, 9.17) is 4.74 Å². The second kappa shape index (κ2) is 7.06. The molecule has 1 aliphatic rings. The number of sulfonamides is 1. The topological polar surface area (TPSA) is 75.7 Å². The first-order chi connectivity index (χ1) is 10.4. The first-order valence-electron chi connectivity index (χ1n) is 7.12. The number of nitrogens with zero attached hydrogens (tertiary/aromatic N) is 1. The maximum Gasteiger partial charge on any atom is 0.407 e. The smallest absolute Gasteiger partial charge is 0.407 e. The van der Waals surface area contributed by atoms with Gasteiger partial charge in [0.1, 0.15) is 5.82 Å². The van der Waals surface area contributed by atoms with Gasteiger partial charge in [-0.25, -0.2) is 17.6 Å². The molecule has 0 aromatic heterocycles. The lowest BCUT2D eigenvalue weighted by molar-refractivity contribution is 0.142. The molecule has 8 heteroatoms. The number of amides is 1. The Hall–Kier alpha value is -1.67. The molecule has 22 heavy (non-hydrogen) atoms. The number of hydrogen-bond donors (Lipinski definition) is 1. The van der Waals surface area contributed by atoms with Crippen LogP contribution in [0.15, 0.2) is 29.2 Å². The van der Waals surface area contributed by atoms with E-state index >= 15 is 0 Å². The quantitative estimate of drug-likeness (QED) is 0.912. The Kier molecular flexibility index (Phi) is 5.36. The van der Waals surface area contributed by atoms with Crippen LogP contribution in [0.25, 0.3) is 0 Å². The van der Waals surface area contributed by atoms with Crippen LogP contribution in [0.5, 0.6) is 0 Å². The summed E-state index contributed by atoms with van der Waals surface area (Å²) in [6.07, 6.45) is 0.777. The lowest BCUT2D eigenvalue weighted by Crippen LogP contribution is -2.49. The molecule has 122 valence electrons. The van der Waals surface area contributed by atoms with Gasteiger partial charge in [0.25, 0.3) is 0 Å². The van der Waals surface area contributed by atoms with E-state index in [1.54, 1.807) is 6.92 Å². The SMILES string of the molecule is CCOC(=O)NC1CCCN(S(=O)(=O)c2ccc(F)cc2)C1. The molecule has 1 unspecified atom stereocenters. The third-order valence-corrected chi connectivity index (χ3v) is 5.31. The largest absolute Gasteiger partial charge is 0.450 e. The van der Waals surface area contributed by atoms with Crippen LogP contribution in [0.1, 0.15) is 19.8 Å². The van der Waals surface area contributed by atoms with Crippen LogP contribution in [0, 0.1) is 5.82 Å². The number of alkyl carbamates (subject to hydrolysis) is 1. The molecule has 1 N–H and O–H groups in total. The first kappa shape index (κ1) is 16.7. The average molecular weight is 330 g/mol. The third-order valence-electron chi connectivity index (χ3n) is 3.43. The van der Waals surface area contributed by atoms with E-state index < -0.39 is 21.9 Å². The standard InChI is InChI=1S/C14H19FN2O4S/c1-2-21-14(18)16-12-4-3-9-17(10-12)22(19,20)13-7-5-11(15)6-8-13/h5-8,12H,2-4,9-10H2,1H3,(H,16,18). The maximum absolute atomic E-state index is 12.9. The van der Waals surface area contributed by atoms with Gasteiger partial charge in [-0.3, -0.25) is 0 Å². The van der Waals surface area contributed by atoms with Crippen molar-refractivity contribution in [1.29, 1.82) is 0 Å². The predicted molar refractivity (Wildman–Crippen MR) is 78.3 cm³/mol. The summed E-state index contributed by atoms with van der Waals surface area (Å²) in [5.74, 6) is -0.487. The normalized spacial score (nSPS) is 19.6. The number of carbonyl (C=O) groups excluding carboxylic acids is 1. The molecule has 0 bridgehead atoms. The summed E-state index contributed by atoms with van der Waals surface area (Å²) >= 11 is 0. The second-order valence-electron chi connectivity index (χ2n) is 5.02. The van der Waals surface area contributed by atoms with E-state index in [1.807, 2.05) is 0 Å². The zero-order chi connectivity index (χ0) is 16.2. The van der Waals surface area contributed by atoms with Crippen molar-refractivity contribution in [3.8, 4) is 0 Å². The van der Waals surface area contributed by atoms with Gasteiger partial charge in [-0.15, -0.1) is 0 Å². The molecule has 1 aromatic rings. The number of piperidine rings is 1. The summed E-state index contributed by atoms with van der Waals surface area (Å²) in [4.78, 5) is 11.5. The van der Waals surface area contributed by atoms with Gasteiger partial charge in [-0.05, 0) is 44.0 Å². The summed E-state index contributed by atoms with van der Waals surface area (Å²) in [6.45, 7) is 2.52. The Morgan fingerprint density at radius 3 is 2.73 bits per heavy atom. The van der Waals surface area contributed by atoms with Crippen molar-refractivity contribution in [3.63, 3.8) is 0 Å². The van der Waals surface area contributed by atoms with E-state index in [-0.39, 0.29) is 24.1 Å². The van der Waals surface area contributed by atoms with Crippen molar-refractivity contribution >= 4 is 16.1 Å². The number of carbonyl (C=O) groups is 1. The Bertz CT molecular complexity index is 618. The van der Waals surface area contributed by atoms with Crippen LogP contribution in [-0.4, -0.2) is 44.6 Å². The molecule has 6 nitrogen and oxygen atoms in total. The highest BCUT2D eigenvalue weighted by atomic mass is 32.2. The highest BCUT2D eigenvalue weighted by molar-refractivity contribution is 7.89. The molecule has 2 rings (SSSR count). The molecule has 1 aromatic carbocycles. The number of halogens is 1. The Labute approximate surface area is 129 Å². The summed E-state index contributed by atoms with van der Waals surface area (Å²) in [5, 5.41) is 2.66. The third kappa shape index (κ3) is 3.95. The van der Waals surface area contributed by atoms with Gasteiger partial charge < -0.3 is 10.1 Å². The molecule has 1 fully saturated rings. The van der Waals surface area contributed by atoms with E-state index in [9.17, 15) is 17.6 Å². The van der Waals surface area contributed by atoms with Crippen molar-refractivity contribution in [3.05, 3.63) is 30.1 Å². The Morgan fingerprint density at radius 2 is 2.09 bits per heavy atom.